The van der Waals surface area contributed by atoms with Gasteiger partial charge < -0.3 is 15.2 Å². The molecule has 2 N–H and O–H groups in total. The second kappa shape index (κ2) is 7.80. The summed E-state index contributed by atoms with van der Waals surface area (Å²) in [6.45, 7) is 2.06. The molecule has 0 saturated carbocycles. The van der Waals surface area contributed by atoms with E-state index >= 15 is 0 Å². The Morgan fingerprint density at radius 2 is 2.00 bits per heavy atom. The quantitative estimate of drug-likeness (QED) is 0.798. The van der Waals surface area contributed by atoms with E-state index in [1.54, 1.807) is 13.8 Å². The van der Waals surface area contributed by atoms with Crippen LogP contribution in [0.25, 0.3) is 0 Å². The molecule has 23 heavy (non-hydrogen) atoms. The first-order valence-corrected chi connectivity index (χ1v) is 6.78. The Morgan fingerprint density at radius 1 is 1.35 bits per heavy atom. The number of halogens is 3. The van der Waals surface area contributed by atoms with E-state index in [1.165, 1.54) is 18.2 Å². The van der Waals surface area contributed by atoms with Crippen LogP contribution < -0.4 is 10.1 Å². The Hall–Kier alpha value is -2.32. The highest BCUT2D eigenvalue weighted by atomic mass is 19.4. The van der Waals surface area contributed by atoms with Gasteiger partial charge in [0.05, 0.1) is 0 Å². The van der Waals surface area contributed by atoms with Crippen molar-refractivity contribution in [3.8, 4) is 5.88 Å². The molecule has 0 aliphatic rings. The SMILES string of the molecule is CC(C)C[C@H](NC(=O)c1cccc(OCC(F)(F)F)n1)C(=O)O. The number of carbonyl (C=O) groups is 2. The van der Waals surface area contributed by atoms with E-state index in [2.05, 4.69) is 15.0 Å². The van der Waals surface area contributed by atoms with E-state index < -0.39 is 30.7 Å². The second-order valence-electron chi connectivity index (χ2n) is 5.26. The molecule has 1 atom stereocenters. The minimum absolute atomic E-state index is 0.0332. The zero-order valence-corrected chi connectivity index (χ0v) is 12.6. The normalized spacial score (nSPS) is 12.8. The summed E-state index contributed by atoms with van der Waals surface area (Å²) in [6, 6.07) is 2.62. The topological polar surface area (TPSA) is 88.5 Å². The fraction of sp³-hybridized carbons (Fsp3) is 0.500. The lowest BCUT2D eigenvalue weighted by Crippen LogP contribution is -2.41. The molecule has 0 bridgehead atoms. The summed E-state index contributed by atoms with van der Waals surface area (Å²) in [6.07, 6.45) is -4.31. The van der Waals surface area contributed by atoms with Crippen LogP contribution in [-0.4, -0.2) is 40.8 Å². The number of aromatic nitrogens is 1. The minimum atomic E-state index is -4.52. The van der Waals surface area contributed by atoms with Crippen LogP contribution in [-0.2, 0) is 4.79 Å². The maximum atomic E-state index is 12.1. The van der Waals surface area contributed by atoms with Crippen molar-refractivity contribution in [2.75, 3.05) is 6.61 Å². The summed E-state index contributed by atoms with van der Waals surface area (Å²) in [5, 5.41) is 11.3. The smallest absolute Gasteiger partial charge is 0.422 e. The average Bonchev–Trinajstić information content (AvgIpc) is 2.43. The number of ether oxygens (including phenoxy) is 1. The Balaban J connectivity index is 2.77. The van der Waals surface area contributed by atoms with Crippen LogP contribution in [0.2, 0.25) is 0 Å². The highest BCUT2D eigenvalue weighted by Gasteiger charge is 2.29. The molecule has 1 amide bonds. The lowest BCUT2D eigenvalue weighted by molar-refractivity contribution is -0.154. The number of aliphatic carboxylic acids is 1. The average molecular weight is 334 g/mol. The summed E-state index contributed by atoms with van der Waals surface area (Å²) >= 11 is 0. The molecule has 9 heteroatoms. The third kappa shape index (κ3) is 6.98. The van der Waals surface area contributed by atoms with E-state index in [-0.39, 0.29) is 23.9 Å². The number of carboxylic acid groups (broad SMARTS) is 1. The number of carboxylic acids is 1. The number of rotatable bonds is 7. The third-order valence-electron chi connectivity index (χ3n) is 2.65. The van der Waals surface area contributed by atoms with Gasteiger partial charge in [-0.25, -0.2) is 9.78 Å². The first kappa shape index (κ1) is 18.7. The zero-order valence-electron chi connectivity index (χ0n) is 12.6. The van der Waals surface area contributed by atoms with Gasteiger partial charge in [-0.3, -0.25) is 4.79 Å². The number of nitrogens with zero attached hydrogens (tertiary/aromatic N) is 1. The van der Waals surface area contributed by atoms with Crippen LogP contribution in [0.4, 0.5) is 13.2 Å². The van der Waals surface area contributed by atoms with E-state index in [0.717, 1.165) is 0 Å². The number of carbonyl (C=O) groups excluding carboxylic acids is 1. The Bertz CT molecular complexity index is 561. The number of hydrogen-bond acceptors (Lipinski definition) is 4. The number of amides is 1. The van der Waals surface area contributed by atoms with Crippen LogP contribution in [0.1, 0.15) is 30.8 Å². The highest BCUT2D eigenvalue weighted by molar-refractivity contribution is 5.95. The molecule has 1 heterocycles. The fourth-order valence-electron chi connectivity index (χ4n) is 1.70. The molecule has 0 radical (unpaired) electrons. The monoisotopic (exact) mass is 334 g/mol. The summed E-state index contributed by atoms with van der Waals surface area (Å²) in [5.41, 5.74) is -0.223. The van der Waals surface area contributed by atoms with E-state index in [1.807, 2.05) is 0 Å². The van der Waals surface area contributed by atoms with Crippen molar-refractivity contribution in [3.05, 3.63) is 23.9 Å². The van der Waals surface area contributed by atoms with Crippen molar-refractivity contribution in [1.82, 2.24) is 10.3 Å². The largest absolute Gasteiger partial charge is 0.480 e. The summed E-state index contributed by atoms with van der Waals surface area (Å²) in [4.78, 5) is 26.7. The molecule has 1 aromatic rings. The minimum Gasteiger partial charge on any atom is -0.480 e. The molecule has 128 valence electrons. The van der Waals surface area contributed by atoms with Crippen molar-refractivity contribution in [2.24, 2.45) is 5.92 Å². The number of nitrogens with one attached hydrogen (secondary N) is 1. The molecular formula is C14H17F3N2O4. The number of hydrogen-bond donors (Lipinski definition) is 2. The van der Waals surface area contributed by atoms with Crippen molar-refractivity contribution in [3.63, 3.8) is 0 Å². The van der Waals surface area contributed by atoms with Gasteiger partial charge in [0.1, 0.15) is 11.7 Å². The molecule has 0 aliphatic carbocycles. The fourth-order valence-corrected chi connectivity index (χ4v) is 1.70. The summed E-state index contributed by atoms with van der Waals surface area (Å²) < 4.78 is 40.7. The van der Waals surface area contributed by atoms with E-state index in [4.69, 9.17) is 5.11 Å². The van der Waals surface area contributed by atoms with Gasteiger partial charge in [-0.15, -0.1) is 0 Å². The molecular weight excluding hydrogens is 317 g/mol. The maximum Gasteiger partial charge on any atom is 0.422 e. The Labute approximate surface area is 130 Å². The van der Waals surface area contributed by atoms with Crippen LogP contribution in [0.3, 0.4) is 0 Å². The van der Waals surface area contributed by atoms with Crippen molar-refractivity contribution >= 4 is 11.9 Å². The van der Waals surface area contributed by atoms with Crippen molar-refractivity contribution < 1.29 is 32.6 Å². The molecule has 0 aliphatic heterocycles. The predicted octanol–water partition coefficient (Wildman–Crippen LogP) is 2.25. The van der Waals surface area contributed by atoms with Gasteiger partial charge >= 0.3 is 12.1 Å². The number of pyridine rings is 1. The molecule has 0 spiro atoms. The van der Waals surface area contributed by atoms with Crippen LogP contribution in [0, 0.1) is 5.92 Å². The standard InChI is InChI=1S/C14H17F3N2O4/c1-8(2)6-10(13(21)22)19-12(20)9-4-3-5-11(18-9)23-7-14(15,16)17/h3-5,8,10H,6-7H2,1-2H3,(H,19,20)(H,21,22)/t10-/m0/s1. The third-order valence-corrected chi connectivity index (χ3v) is 2.65. The van der Waals surface area contributed by atoms with Crippen molar-refractivity contribution in [1.29, 1.82) is 0 Å². The van der Waals surface area contributed by atoms with Gasteiger partial charge in [-0.2, -0.15) is 13.2 Å². The van der Waals surface area contributed by atoms with Crippen LogP contribution in [0.15, 0.2) is 18.2 Å². The maximum absolute atomic E-state index is 12.1. The first-order chi connectivity index (χ1) is 10.6. The van der Waals surface area contributed by atoms with Crippen molar-refractivity contribution in [2.45, 2.75) is 32.5 Å². The van der Waals surface area contributed by atoms with E-state index in [0.29, 0.717) is 0 Å². The van der Waals surface area contributed by atoms with Gasteiger partial charge in [0.25, 0.3) is 5.91 Å². The molecule has 0 fully saturated rings. The van der Waals surface area contributed by atoms with Gasteiger partial charge in [0, 0.05) is 6.07 Å². The van der Waals surface area contributed by atoms with Gasteiger partial charge in [-0.1, -0.05) is 19.9 Å². The van der Waals surface area contributed by atoms with Crippen LogP contribution >= 0.6 is 0 Å². The lowest BCUT2D eigenvalue weighted by Gasteiger charge is -2.16. The lowest BCUT2D eigenvalue weighted by atomic mass is 10.0. The van der Waals surface area contributed by atoms with Gasteiger partial charge in [-0.05, 0) is 18.4 Å². The zero-order chi connectivity index (χ0) is 17.6. The molecule has 6 nitrogen and oxygen atoms in total. The molecule has 0 saturated heterocycles. The molecule has 1 aromatic heterocycles. The Morgan fingerprint density at radius 3 is 2.52 bits per heavy atom. The van der Waals surface area contributed by atoms with Crippen LogP contribution in [0.5, 0.6) is 5.88 Å². The Kier molecular flexibility index (Phi) is 6.35. The number of alkyl halides is 3. The second-order valence-corrected chi connectivity index (χ2v) is 5.26. The molecule has 1 rings (SSSR count). The highest BCUT2D eigenvalue weighted by Crippen LogP contribution is 2.17. The van der Waals surface area contributed by atoms with Gasteiger partial charge in [0.15, 0.2) is 6.61 Å². The predicted molar refractivity (Wildman–Crippen MR) is 74.1 cm³/mol. The van der Waals surface area contributed by atoms with E-state index in [9.17, 15) is 22.8 Å². The summed E-state index contributed by atoms with van der Waals surface area (Å²) in [7, 11) is 0. The summed E-state index contributed by atoms with van der Waals surface area (Å²) in [5.74, 6) is -2.33. The first-order valence-electron chi connectivity index (χ1n) is 6.78. The van der Waals surface area contributed by atoms with Gasteiger partial charge in [0.2, 0.25) is 5.88 Å². The molecule has 0 unspecified atom stereocenters. The molecule has 0 aromatic carbocycles.